The highest BCUT2D eigenvalue weighted by Crippen LogP contribution is 2.44. The molecule has 0 spiro atoms. The van der Waals surface area contributed by atoms with E-state index < -0.39 is 0 Å². The number of thiophene rings is 2. The third-order valence-electron chi connectivity index (χ3n) is 9.85. The van der Waals surface area contributed by atoms with Gasteiger partial charge in [0.25, 0.3) is 0 Å². The summed E-state index contributed by atoms with van der Waals surface area (Å²) in [5, 5.41) is 11.2. The fourth-order valence-corrected chi connectivity index (χ4v) is 9.89. The van der Waals surface area contributed by atoms with Crippen LogP contribution in [0, 0.1) is 0 Å². The molecule has 4 heteroatoms. The van der Waals surface area contributed by atoms with Gasteiger partial charge in [-0.1, -0.05) is 121 Å². The molecule has 0 N–H and O–H groups in total. The van der Waals surface area contributed by atoms with Gasteiger partial charge in [0.05, 0.1) is 11.0 Å². The maximum absolute atomic E-state index is 5.37. The Labute approximate surface area is 283 Å². The zero-order chi connectivity index (χ0) is 31.3. The number of aromatic nitrogens is 2. The van der Waals surface area contributed by atoms with Crippen molar-refractivity contribution in [2.24, 2.45) is 0 Å². The van der Waals surface area contributed by atoms with Gasteiger partial charge in [0.2, 0.25) is 0 Å². The minimum absolute atomic E-state index is 0.966. The molecule has 8 aromatic carbocycles. The number of hydrogen-bond acceptors (Lipinski definition) is 4. The Morgan fingerprint density at radius 3 is 1.85 bits per heavy atom. The van der Waals surface area contributed by atoms with Crippen molar-refractivity contribution in [3.05, 3.63) is 146 Å². The zero-order valence-electron chi connectivity index (χ0n) is 25.6. The highest BCUT2D eigenvalue weighted by Gasteiger charge is 2.17. The van der Waals surface area contributed by atoms with Crippen LogP contribution < -0.4 is 0 Å². The molecule has 0 saturated heterocycles. The second-order valence-electron chi connectivity index (χ2n) is 12.5. The summed E-state index contributed by atoms with van der Waals surface area (Å²) in [5.74, 6) is 0. The topological polar surface area (TPSA) is 25.8 Å². The highest BCUT2D eigenvalue weighted by atomic mass is 32.1. The summed E-state index contributed by atoms with van der Waals surface area (Å²) in [4.78, 5) is 11.6. The summed E-state index contributed by atoms with van der Waals surface area (Å²) in [7, 11) is 0. The molecule has 0 aliphatic heterocycles. The van der Waals surface area contributed by atoms with Gasteiger partial charge in [0.1, 0.15) is 10.3 Å². The van der Waals surface area contributed by atoms with Gasteiger partial charge in [0, 0.05) is 41.0 Å². The molecule has 0 saturated carbocycles. The maximum Gasteiger partial charge on any atom is 0.143 e. The molecule has 3 heterocycles. The number of fused-ring (bicyclic) bond motifs is 14. The summed E-state index contributed by atoms with van der Waals surface area (Å²) in [5.41, 5.74) is 7.80. The van der Waals surface area contributed by atoms with Crippen molar-refractivity contribution in [1.82, 2.24) is 9.97 Å². The lowest BCUT2D eigenvalue weighted by Crippen LogP contribution is -1.89. The number of rotatable bonds is 2. The summed E-state index contributed by atoms with van der Waals surface area (Å²) in [6, 6.07) is 52.9. The Morgan fingerprint density at radius 2 is 1.02 bits per heavy atom. The molecule has 0 unspecified atom stereocenters. The Bertz CT molecular complexity index is 3130. The van der Waals surface area contributed by atoms with E-state index in [0.29, 0.717) is 0 Å². The van der Waals surface area contributed by atoms with Crippen LogP contribution in [0.2, 0.25) is 0 Å². The fourth-order valence-electron chi connectivity index (χ4n) is 7.64. The summed E-state index contributed by atoms with van der Waals surface area (Å²) < 4.78 is 3.87. The van der Waals surface area contributed by atoms with Crippen molar-refractivity contribution in [1.29, 1.82) is 0 Å². The van der Waals surface area contributed by atoms with Gasteiger partial charge in [-0.3, -0.25) is 0 Å². The van der Waals surface area contributed by atoms with Crippen molar-refractivity contribution >= 4 is 107 Å². The van der Waals surface area contributed by atoms with E-state index in [1.54, 1.807) is 11.3 Å². The Balaban J connectivity index is 1.09. The number of benzene rings is 8. The third kappa shape index (κ3) is 3.73. The average Bonchev–Trinajstić information content (AvgIpc) is 3.72. The Kier molecular flexibility index (Phi) is 5.45. The van der Waals surface area contributed by atoms with E-state index >= 15 is 0 Å². The molecular formula is C44H24N2S2. The molecule has 0 atom stereocenters. The summed E-state index contributed by atoms with van der Waals surface area (Å²) in [6.07, 6.45) is 0. The van der Waals surface area contributed by atoms with Gasteiger partial charge in [0.15, 0.2) is 0 Å². The van der Waals surface area contributed by atoms with Gasteiger partial charge >= 0.3 is 0 Å². The van der Waals surface area contributed by atoms with Crippen LogP contribution in [-0.2, 0) is 0 Å². The van der Waals surface area contributed by atoms with Crippen LogP contribution in [0.15, 0.2) is 146 Å². The molecule has 0 radical (unpaired) electrons. The second kappa shape index (κ2) is 9.91. The minimum Gasteiger partial charge on any atom is -0.242 e. The molecule has 48 heavy (non-hydrogen) atoms. The first-order valence-corrected chi connectivity index (χ1v) is 17.8. The second-order valence-corrected chi connectivity index (χ2v) is 14.6. The average molecular weight is 645 g/mol. The van der Waals surface area contributed by atoms with Gasteiger partial charge < -0.3 is 0 Å². The molecule has 0 aliphatic rings. The standard InChI is InChI=1S/C44H24N2S2/c1-2-12-29-25(9-1)19-22-38-39(29)35-18-8-17-30(43(35)47-38)28-11-7-10-26(23-28)27-20-21-37-36(24-27)42-44(48-37)46-41-34-16-6-4-14-32(34)31-13-3-5-15-33(31)40(41)45-42/h1-24H. The monoisotopic (exact) mass is 644 g/mol. The molecule has 11 rings (SSSR count). The molecule has 0 aliphatic carbocycles. The third-order valence-corrected chi connectivity index (χ3v) is 12.1. The van der Waals surface area contributed by atoms with E-state index in [1.165, 1.54) is 68.7 Å². The van der Waals surface area contributed by atoms with Crippen molar-refractivity contribution in [2.75, 3.05) is 0 Å². The van der Waals surface area contributed by atoms with Gasteiger partial charge in [-0.15, -0.1) is 22.7 Å². The van der Waals surface area contributed by atoms with E-state index in [-0.39, 0.29) is 0 Å². The predicted molar refractivity (Wildman–Crippen MR) is 209 cm³/mol. The summed E-state index contributed by atoms with van der Waals surface area (Å²) >= 11 is 3.62. The van der Waals surface area contributed by atoms with Crippen LogP contribution in [0.25, 0.3) is 106 Å². The molecule has 0 fully saturated rings. The van der Waals surface area contributed by atoms with E-state index in [4.69, 9.17) is 9.97 Å². The van der Waals surface area contributed by atoms with Crippen LogP contribution in [0.3, 0.4) is 0 Å². The molecule has 3 aromatic heterocycles. The first kappa shape index (κ1) is 26.4. The molecule has 0 bridgehead atoms. The lowest BCUT2D eigenvalue weighted by atomic mass is 9.96. The first-order chi connectivity index (χ1) is 23.8. The molecular weight excluding hydrogens is 621 g/mol. The van der Waals surface area contributed by atoms with Gasteiger partial charge in [-0.05, 0) is 68.1 Å². The van der Waals surface area contributed by atoms with E-state index in [1.807, 2.05) is 11.3 Å². The lowest BCUT2D eigenvalue weighted by Gasteiger charge is -2.09. The van der Waals surface area contributed by atoms with Crippen molar-refractivity contribution in [3.63, 3.8) is 0 Å². The Morgan fingerprint density at radius 1 is 0.375 bits per heavy atom. The van der Waals surface area contributed by atoms with Crippen LogP contribution in [0.5, 0.6) is 0 Å². The normalized spacial score (nSPS) is 12.2. The zero-order valence-corrected chi connectivity index (χ0v) is 27.2. The van der Waals surface area contributed by atoms with E-state index in [0.717, 1.165) is 37.5 Å². The van der Waals surface area contributed by atoms with Crippen molar-refractivity contribution in [3.8, 4) is 22.3 Å². The number of hydrogen-bond donors (Lipinski definition) is 0. The van der Waals surface area contributed by atoms with Crippen LogP contribution in [-0.4, -0.2) is 9.97 Å². The van der Waals surface area contributed by atoms with Gasteiger partial charge in [-0.2, -0.15) is 0 Å². The van der Waals surface area contributed by atoms with Crippen molar-refractivity contribution in [2.45, 2.75) is 0 Å². The smallest absolute Gasteiger partial charge is 0.143 e. The molecule has 0 amide bonds. The molecule has 2 nitrogen and oxygen atoms in total. The van der Waals surface area contributed by atoms with E-state index in [9.17, 15) is 0 Å². The van der Waals surface area contributed by atoms with Crippen LogP contribution in [0.1, 0.15) is 0 Å². The van der Waals surface area contributed by atoms with Gasteiger partial charge in [-0.25, -0.2) is 9.97 Å². The largest absolute Gasteiger partial charge is 0.242 e. The minimum atomic E-state index is 0.966. The van der Waals surface area contributed by atoms with E-state index in [2.05, 4.69) is 146 Å². The van der Waals surface area contributed by atoms with Crippen molar-refractivity contribution < 1.29 is 0 Å². The molecule has 222 valence electrons. The van der Waals surface area contributed by atoms with Crippen LogP contribution >= 0.6 is 22.7 Å². The first-order valence-electron chi connectivity index (χ1n) is 16.2. The summed E-state index contributed by atoms with van der Waals surface area (Å²) in [6.45, 7) is 0. The number of nitrogens with zero attached hydrogens (tertiary/aromatic N) is 2. The molecule has 11 aromatic rings. The quantitative estimate of drug-likeness (QED) is 0.175. The lowest BCUT2D eigenvalue weighted by molar-refractivity contribution is 1.46. The van der Waals surface area contributed by atoms with Crippen LogP contribution in [0.4, 0.5) is 0 Å². The Hall–Kier alpha value is -5.68. The maximum atomic E-state index is 5.37. The predicted octanol–water partition coefficient (Wildman–Crippen LogP) is 13.2. The fraction of sp³-hybridized carbons (Fsp3) is 0. The SMILES string of the molecule is c1cc(-c2ccc3sc4nc5c6ccccc6c6ccccc6c5nc4c3c2)cc(-c2cccc3c2sc2ccc4ccccc4c23)c1. The highest BCUT2D eigenvalue weighted by molar-refractivity contribution is 7.26.